The van der Waals surface area contributed by atoms with Crippen LogP contribution in [0.1, 0.15) is 6.42 Å². The molecule has 28 heavy (non-hydrogen) atoms. The molecule has 1 spiro atoms. The lowest BCUT2D eigenvalue weighted by molar-refractivity contribution is 0.0318. The lowest BCUT2D eigenvalue weighted by Crippen LogP contribution is -2.53. The first-order valence-electron chi connectivity index (χ1n) is 9.42. The van der Waals surface area contributed by atoms with E-state index in [0.717, 1.165) is 19.2 Å². The Morgan fingerprint density at radius 1 is 1.18 bits per heavy atom. The van der Waals surface area contributed by atoms with Crippen molar-refractivity contribution in [3.05, 3.63) is 30.1 Å². The standard InChI is InChI=1S/C18H24FN3O5S/c19-15-3-1-2-4-16(15)28(24,25)21-6-5-18(13-21)14-27-17(23)22(18)8-7-20-9-11-26-12-10-20/h1-4H,5-14H2. The van der Waals surface area contributed by atoms with Gasteiger partial charge in [-0.05, 0) is 18.6 Å². The highest BCUT2D eigenvalue weighted by atomic mass is 32.3. The molecular formula is C18H24FN3O5S. The van der Waals surface area contributed by atoms with Crippen LogP contribution < -0.4 is 0 Å². The van der Waals surface area contributed by atoms with Crippen LogP contribution in [0.15, 0.2) is 29.2 Å². The highest BCUT2D eigenvalue weighted by Gasteiger charge is 2.55. The molecule has 10 heteroatoms. The number of sulfonamides is 1. The first-order valence-corrected chi connectivity index (χ1v) is 10.9. The number of carbonyl (C=O) groups is 1. The molecule has 3 fully saturated rings. The number of benzene rings is 1. The fraction of sp³-hybridized carbons (Fsp3) is 0.611. The Labute approximate surface area is 164 Å². The molecule has 3 saturated heterocycles. The quantitative estimate of drug-likeness (QED) is 0.669. The fourth-order valence-corrected chi connectivity index (χ4v) is 5.68. The number of morpholine rings is 1. The van der Waals surface area contributed by atoms with Crippen LogP contribution in [-0.2, 0) is 24.1 Å². The molecule has 3 aliphatic heterocycles. The van der Waals surface area contributed by atoms with Gasteiger partial charge in [-0.3, -0.25) is 9.80 Å². The summed E-state index contributed by atoms with van der Waals surface area (Å²) in [6.07, 6.45) is 0.0496. The largest absolute Gasteiger partial charge is 0.593 e. The van der Waals surface area contributed by atoms with Gasteiger partial charge in [0.2, 0.25) is 4.90 Å². The van der Waals surface area contributed by atoms with E-state index >= 15 is 0 Å². The van der Waals surface area contributed by atoms with Gasteiger partial charge in [0.15, 0.2) is 16.2 Å². The number of halogens is 1. The molecule has 3 heterocycles. The molecule has 2 atom stereocenters. The van der Waals surface area contributed by atoms with E-state index in [9.17, 15) is 17.9 Å². The Morgan fingerprint density at radius 3 is 2.68 bits per heavy atom. The molecule has 0 aliphatic carbocycles. The highest BCUT2D eigenvalue weighted by Crippen LogP contribution is 2.38. The molecule has 0 N–H and O–H groups in total. The summed E-state index contributed by atoms with van der Waals surface area (Å²) in [6.45, 7) is 4.59. The van der Waals surface area contributed by atoms with Gasteiger partial charge in [0.05, 0.1) is 25.3 Å². The van der Waals surface area contributed by atoms with E-state index in [2.05, 4.69) is 4.90 Å². The van der Waals surface area contributed by atoms with E-state index in [1.807, 2.05) is 0 Å². The van der Waals surface area contributed by atoms with E-state index in [0.29, 0.717) is 32.7 Å². The second-order valence-corrected chi connectivity index (χ2v) is 9.31. The maximum absolute atomic E-state index is 14.1. The van der Waals surface area contributed by atoms with E-state index in [1.54, 1.807) is 4.90 Å². The SMILES string of the molecule is O=C1OCC2(CCN([S+](=O)([O-])c3ccccc3F)C2)N1CCN1CCOCC1. The van der Waals surface area contributed by atoms with Crippen LogP contribution in [-0.4, -0.2) is 89.4 Å². The van der Waals surface area contributed by atoms with Gasteiger partial charge < -0.3 is 14.0 Å². The van der Waals surface area contributed by atoms with Gasteiger partial charge in [0.25, 0.3) is 0 Å². The van der Waals surface area contributed by atoms with Crippen LogP contribution in [0, 0.1) is 5.82 Å². The predicted octanol–water partition coefficient (Wildman–Crippen LogP) is 0.958. The normalized spacial score (nSPS) is 28.6. The number of ether oxygens (including phenoxy) is 2. The third-order valence-electron chi connectivity index (χ3n) is 5.75. The van der Waals surface area contributed by atoms with Gasteiger partial charge in [-0.2, -0.15) is 0 Å². The van der Waals surface area contributed by atoms with Crippen LogP contribution in [0.3, 0.4) is 0 Å². The molecule has 1 aromatic carbocycles. The number of nitrogens with zero attached hydrogens (tertiary/aromatic N) is 3. The smallest absolute Gasteiger partial charge is 0.410 e. The maximum Gasteiger partial charge on any atom is 0.410 e. The van der Waals surface area contributed by atoms with Crippen LogP contribution >= 0.6 is 0 Å². The molecular weight excluding hydrogens is 389 g/mol. The van der Waals surface area contributed by atoms with Crippen molar-refractivity contribution in [1.82, 2.24) is 14.1 Å². The molecule has 154 valence electrons. The third-order valence-corrected chi connectivity index (χ3v) is 7.63. The van der Waals surface area contributed by atoms with Crippen molar-refractivity contribution in [2.24, 2.45) is 0 Å². The molecule has 0 bridgehead atoms. The molecule has 4 rings (SSSR count). The predicted molar refractivity (Wildman–Crippen MR) is 97.7 cm³/mol. The lowest BCUT2D eigenvalue weighted by atomic mass is 9.99. The monoisotopic (exact) mass is 413 g/mol. The minimum atomic E-state index is -3.97. The molecule has 1 amide bonds. The molecule has 0 saturated carbocycles. The highest BCUT2D eigenvalue weighted by molar-refractivity contribution is 7.95. The third kappa shape index (κ3) is 3.55. The number of amides is 1. The Hall–Kier alpha value is -1.59. The van der Waals surface area contributed by atoms with Crippen LogP contribution in [0.5, 0.6) is 0 Å². The molecule has 0 radical (unpaired) electrons. The molecule has 8 nitrogen and oxygen atoms in total. The number of cyclic esters (lactones) is 1. The zero-order chi connectivity index (χ0) is 19.8. The van der Waals surface area contributed by atoms with E-state index in [1.165, 1.54) is 22.5 Å². The van der Waals surface area contributed by atoms with Gasteiger partial charge in [-0.15, -0.1) is 4.31 Å². The van der Waals surface area contributed by atoms with Gasteiger partial charge in [-0.25, -0.2) is 9.18 Å². The summed E-state index contributed by atoms with van der Waals surface area (Å²) in [7, 11) is -3.97. The van der Waals surface area contributed by atoms with Crippen LogP contribution in [0.4, 0.5) is 9.18 Å². The fourth-order valence-electron chi connectivity index (χ4n) is 4.10. The van der Waals surface area contributed by atoms with Crippen LogP contribution in [0.25, 0.3) is 0 Å². The second-order valence-electron chi connectivity index (χ2n) is 7.40. The maximum atomic E-state index is 14.1. The van der Waals surface area contributed by atoms with Crippen molar-refractivity contribution >= 4 is 16.5 Å². The first-order chi connectivity index (χ1) is 13.4. The van der Waals surface area contributed by atoms with Gasteiger partial charge in [0.1, 0.15) is 6.61 Å². The van der Waals surface area contributed by atoms with Crippen LogP contribution in [0.2, 0.25) is 0 Å². The summed E-state index contributed by atoms with van der Waals surface area (Å²) in [5, 5.41) is 0. The number of carbonyl (C=O) groups excluding carboxylic acids is 1. The van der Waals surface area contributed by atoms with E-state index in [-0.39, 0.29) is 24.6 Å². The summed E-state index contributed by atoms with van der Waals surface area (Å²) in [4.78, 5) is 15.9. The van der Waals surface area contributed by atoms with Crippen molar-refractivity contribution < 1.29 is 27.4 Å². The van der Waals surface area contributed by atoms with Crippen molar-refractivity contribution in [3.63, 3.8) is 0 Å². The van der Waals surface area contributed by atoms with Gasteiger partial charge in [0, 0.05) is 32.7 Å². The second kappa shape index (κ2) is 7.68. The minimum Gasteiger partial charge on any atom is -0.593 e. The zero-order valence-electron chi connectivity index (χ0n) is 15.5. The lowest BCUT2D eigenvalue weighted by Gasteiger charge is -2.34. The minimum absolute atomic E-state index is 0.110. The number of rotatable bonds is 5. The molecule has 1 aromatic rings. The Bertz CT molecular complexity index is 790. The Morgan fingerprint density at radius 2 is 1.93 bits per heavy atom. The van der Waals surface area contributed by atoms with Crippen molar-refractivity contribution in [3.8, 4) is 0 Å². The molecule has 0 aromatic heterocycles. The van der Waals surface area contributed by atoms with Gasteiger partial charge in [-0.1, -0.05) is 16.3 Å². The van der Waals surface area contributed by atoms with Crippen molar-refractivity contribution in [1.29, 1.82) is 0 Å². The Balaban J connectivity index is 1.48. The summed E-state index contributed by atoms with van der Waals surface area (Å²) in [5.74, 6) is -0.772. The number of hydrogen-bond acceptors (Lipinski definition) is 6. The Kier molecular flexibility index (Phi) is 5.41. The van der Waals surface area contributed by atoms with Crippen molar-refractivity contribution in [2.75, 3.05) is 59.1 Å². The van der Waals surface area contributed by atoms with Gasteiger partial charge >= 0.3 is 6.09 Å². The summed E-state index contributed by atoms with van der Waals surface area (Å²) in [5.41, 5.74) is -0.693. The van der Waals surface area contributed by atoms with E-state index < -0.39 is 27.8 Å². The summed E-state index contributed by atoms with van der Waals surface area (Å²) in [6, 6.07) is 5.35. The summed E-state index contributed by atoms with van der Waals surface area (Å²) < 4.78 is 51.8. The molecule has 2 unspecified atom stereocenters. The summed E-state index contributed by atoms with van der Waals surface area (Å²) >= 11 is 0. The zero-order valence-corrected chi connectivity index (χ0v) is 16.4. The van der Waals surface area contributed by atoms with Crippen molar-refractivity contribution in [2.45, 2.75) is 16.9 Å². The topological polar surface area (TPSA) is 85.4 Å². The average molecular weight is 413 g/mol. The first kappa shape index (κ1) is 19.7. The van der Waals surface area contributed by atoms with E-state index in [4.69, 9.17) is 9.47 Å². The molecule has 3 aliphatic rings. The number of hydrogen-bond donors (Lipinski definition) is 0. The average Bonchev–Trinajstić information content (AvgIpc) is 3.26.